The maximum atomic E-state index is 13.1. The topological polar surface area (TPSA) is 40.6 Å². The number of carbonyl (C=O) groups excluding carboxylic acids is 2. The first-order chi connectivity index (χ1) is 17.8. The first kappa shape index (κ1) is 28.8. The fourth-order valence-electron chi connectivity index (χ4n) is 3.92. The molecule has 4 nitrogen and oxygen atoms in total. The van der Waals surface area contributed by atoms with Crippen molar-refractivity contribution >= 4 is 68.4 Å². The van der Waals surface area contributed by atoms with Gasteiger partial charge in [0.1, 0.15) is 19.1 Å². The van der Waals surface area contributed by atoms with Gasteiger partial charge in [-0.25, -0.2) is 0 Å². The molecule has 14 heteroatoms. The van der Waals surface area contributed by atoms with Crippen molar-refractivity contribution in [3.05, 3.63) is 70.8 Å². The zero-order valence-electron chi connectivity index (χ0n) is 19.2. The second kappa shape index (κ2) is 11.1. The number of rotatable bonds is 7. The Balaban J connectivity index is 1.35. The van der Waals surface area contributed by atoms with Crippen molar-refractivity contribution in [2.45, 2.75) is 35.7 Å². The Bertz CT molecular complexity index is 1150. The minimum Gasteiger partial charge on any atom is -0.296 e. The predicted molar refractivity (Wildman–Crippen MR) is 142 cm³/mol. The van der Waals surface area contributed by atoms with E-state index in [-0.39, 0.29) is 46.4 Å². The van der Waals surface area contributed by atoms with Gasteiger partial charge in [-0.3, -0.25) is 19.4 Å². The third-order valence-corrected chi connectivity index (χ3v) is 9.49. The lowest BCUT2D eigenvalue weighted by molar-refractivity contribution is -0.138. The predicted octanol–water partition coefficient (Wildman–Crippen LogP) is 5.97. The SMILES string of the molecule is O=C1C(C2SC(=S)N(CCc3ccc(C(F)(F)F)cc3)C2=O)SC(=S)N1CCc1ccc(C(F)(F)F)cc1. The number of benzene rings is 2. The van der Waals surface area contributed by atoms with Crippen LogP contribution in [-0.2, 0) is 34.8 Å². The molecule has 0 bridgehead atoms. The van der Waals surface area contributed by atoms with E-state index in [0.29, 0.717) is 11.1 Å². The summed E-state index contributed by atoms with van der Waals surface area (Å²) in [5.41, 5.74) is -0.325. The molecule has 2 heterocycles. The van der Waals surface area contributed by atoms with Crippen molar-refractivity contribution < 1.29 is 35.9 Å². The molecule has 2 aromatic carbocycles. The zero-order chi connectivity index (χ0) is 27.8. The molecule has 2 atom stereocenters. The maximum Gasteiger partial charge on any atom is 0.416 e. The third-order valence-electron chi connectivity index (χ3n) is 6.00. The van der Waals surface area contributed by atoms with Crippen molar-refractivity contribution in [2.75, 3.05) is 13.1 Å². The fraction of sp³-hybridized carbons (Fsp3) is 0.333. The van der Waals surface area contributed by atoms with Crippen LogP contribution in [0, 0.1) is 0 Å². The fourth-order valence-corrected chi connectivity index (χ4v) is 7.23. The molecule has 0 aromatic heterocycles. The first-order valence-corrected chi connectivity index (χ1v) is 13.7. The highest BCUT2D eigenvalue weighted by Gasteiger charge is 2.50. The molecule has 0 saturated carbocycles. The van der Waals surface area contributed by atoms with Crippen LogP contribution in [0.15, 0.2) is 48.5 Å². The summed E-state index contributed by atoms with van der Waals surface area (Å²) < 4.78 is 77.1. The van der Waals surface area contributed by atoms with Gasteiger partial charge in [0.15, 0.2) is 0 Å². The number of alkyl halides is 6. The second-order valence-corrected chi connectivity index (χ2v) is 12.0. The molecule has 0 radical (unpaired) electrons. The number of carbonyl (C=O) groups is 2. The van der Waals surface area contributed by atoms with Crippen molar-refractivity contribution in [2.24, 2.45) is 0 Å². The van der Waals surface area contributed by atoms with Crippen LogP contribution in [0.25, 0.3) is 0 Å². The Labute approximate surface area is 233 Å². The molecule has 0 N–H and O–H groups in total. The van der Waals surface area contributed by atoms with Gasteiger partial charge in [0.2, 0.25) is 11.8 Å². The molecule has 202 valence electrons. The summed E-state index contributed by atoms with van der Waals surface area (Å²) in [5.74, 6) is -0.740. The molecule has 2 saturated heterocycles. The monoisotopic (exact) mass is 608 g/mol. The Hall–Kier alpha value is -2.16. The summed E-state index contributed by atoms with van der Waals surface area (Å²) in [4.78, 5) is 28.9. The highest BCUT2D eigenvalue weighted by atomic mass is 32.2. The van der Waals surface area contributed by atoms with E-state index >= 15 is 0 Å². The summed E-state index contributed by atoms with van der Waals surface area (Å²) in [5, 5.41) is -1.61. The van der Waals surface area contributed by atoms with Gasteiger partial charge < -0.3 is 0 Å². The molecule has 2 aromatic rings. The Kier molecular flexibility index (Phi) is 8.46. The summed E-state index contributed by atoms with van der Waals surface area (Å²) in [6.45, 7) is 0.306. The van der Waals surface area contributed by atoms with E-state index in [1.54, 1.807) is 0 Å². The van der Waals surface area contributed by atoms with Crippen LogP contribution >= 0.6 is 48.0 Å². The first-order valence-electron chi connectivity index (χ1n) is 11.1. The van der Waals surface area contributed by atoms with Gasteiger partial charge >= 0.3 is 12.4 Å². The number of amides is 2. The standard InChI is InChI=1S/C24H18F6N2O2S4/c25-23(26,27)15-5-1-13(2-6-15)9-11-31-19(33)17(37-21(31)35)18-20(34)32(22(36)38-18)12-10-14-3-7-16(8-4-14)24(28,29)30/h1-8,17-18H,9-12H2. The van der Waals surface area contributed by atoms with Gasteiger partial charge in [-0.15, -0.1) is 0 Å². The lowest BCUT2D eigenvalue weighted by atomic mass is 10.1. The number of hydrogen-bond acceptors (Lipinski definition) is 6. The normalized spacial score (nSPS) is 20.7. The number of hydrogen-bond donors (Lipinski definition) is 0. The van der Waals surface area contributed by atoms with Crippen molar-refractivity contribution in [1.29, 1.82) is 0 Å². The lowest BCUT2D eigenvalue weighted by Gasteiger charge is -2.18. The minimum atomic E-state index is -4.44. The van der Waals surface area contributed by atoms with Crippen LogP contribution in [-0.4, -0.2) is 53.8 Å². The molecule has 38 heavy (non-hydrogen) atoms. The quantitative estimate of drug-likeness (QED) is 0.285. The molecule has 2 aliphatic rings. The van der Waals surface area contributed by atoms with Crippen LogP contribution in [0.3, 0.4) is 0 Å². The second-order valence-electron chi connectivity index (χ2n) is 8.48. The van der Waals surface area contributed by atoms with Crippen molar-refractivity contribution in [3.8, 4) is 0 Å². The van der Waals surface area contributed by atoms with Gasteiger partial charge in [-0.1, -0.05) is 72.2 Å². The Morgan fingerprint density at radius 1 is 0.632 bits per heavy atom. The molecule has 2 unspecified atom stereocenters. The molecule has 2 amide bonds. The molecule has 2 fully saturated rings. The van der Waals surface area contributed by atoms with Crippen LogP contribution < -0.4 is 0 Å². The van der Waals surface area contributed by atoms with Crippen LogP contribution in [0.1, 0.15) is 22.3 Å². The van der Waals surface area contributed by atoms with E-state index in [4.69, 9.17) is 24.4 Å². The van der Waals surface area contributed by atoms with E-state index in [1.807, 2.05) is 0 Å². The summed E-state index contributed by atoms with van der Waals surface area (Å²) in [6, 6.07) is 9.30. The summed E-state index contributed by atoms with van der Waals surface area (Å²) >= 11 is 12.8. The van der Waals surface area contributed by atoms with E-state index in [1.165, 1.54) is 34.1 Å². The smallest absolute Gasteiger partial charge is 0.296 e. The average molecular weight is 609 g/mol. The lowest BCUT2D eigenvalue weighted by Crippen LogP contribution is -2.41. The van der Waals surface area contributed by atoms with Crippen LogP contribution in [0.5, 0.6) is 0 Å². The minimum absolute atomic E-state index is 0.153. The number of nitrogens with zero attached hydrogens (tertiary/aromatic N) is 2. The van der Waals surface area contributed by atoms with Crippen LogP contribution in [0.4, 0.5) is 26.3 Å². The molecule has 4 rings (SSSR count). The highest BCUT2D eigenvalue weighted by Crippen LogP contribution is 2.40. The largest absolute Gasteiger partial charge is 0.416 e. The van der Waals surface area contributed by atoms with E-state index in [0.717, 1.165) is 47.8 Å². The number of thiocarbonyl (C=S) groups is 2. The summed E-state index contributed by atoms with van der Waals surface area (Å²) in [6.07, 6.45) is -8.32. The number of thioether (sulfide) groups is 2. The van der Waals surface area contributed by atoms with Gasteiger partial charge in [-0.2, -0.15) is 26.3 Å². The summed E-state index contributed by atoms with van der Waals surface area (Å²) in [7, 11) is 0. The van der Waals surface area contributed by atoms with Gasteiger partial charge in [0.05, 0.1) is 11.1 Å². The number of halogens is 6. The Morgan fingerprint density at radius 2 is 0.947 bits per heavy atom. The third kappa shape index (κ3) is 6.35. The van der Waals surface area contributed by atoms with E-state index < -0.39 is 34.0 Å². The molecule has 0 spiro atoms. The van der Waals surface area contributed by atoms with Crippen molar-refractivity contribution in [3.63, 3.8) is 0 Å². The Morgan fingerprint density at radius 3 is 1.24 bits per heavy atom. The molecule has 0 aliphatic carbocycles. The highest BCUT2D eigenvalue weighted by molar-refractivity contribution is 8.27. The molecule has 2 aliphatic heterocycles. The van der Waals surface area contributed by atoms with Crippen molar-refractivity contribution in [1.82, 2.24) is 9.80 Å². The van der Waals surface area contributed by atoms with Gasteiger partial charge in [0.25, 0.3) is 0 Å². The van der Waals surface area contributed by atoms with Gasteiger partial charge in [0, 0.05) is 13.1 Å². The van der Waals surface area contributed by atoms with E-state index in [2.05, 4.69) is 0 Å². The van der Waals surface area contributed by atoms with Gasteiger partial charge in [-0.05, 0) is 48.2 Å². The molecular weight excluding hydrogens is 591 g/mol. The van der Waals surface area contributed by atoms with Crippen LogP contribution in [0.2, 0.25) is 0 Å². The zero-order valence-corrected chi connectivity index (χ0v) is 22.5. The maximum absolute atomic E-state index is 13.1. The average Bonchev–Trinajstić information content (AvgIpc) is 3.29. The van der Waals surface area contributed by atoms with E-state index in [9.17, 15) is 35.9 Å². The molecular formula is C24H18F6N2O2S4.